The minimum Gasteiger partial charge on any atom is -0.391 e. The summed E-state index contributed by atoms with van der Waals surface area (Å²) in [5.74, 6) is 0. The van der Waals surface area contributed by atoms with Gasteiger partial charge in [-0.15, -0.1) is 0 Å². The highest BCUT2D eigenvalue weighted by atomic mass is 28.4. The maximum absolute atomic E-state index is 6.10. The zero-order valence-corrected chi connectivity index (χ0v) is 15.4. The molecule has 0 heterocycles. The van der Waals surface area contributed by atoms with E-state index in [-0.39, 0.29) is 0 Å². The molecule has 0 fully saturated rings. The van der Waals surface area contributed by atoms with Crippen LogP contribution in [0.1, 0.15) is 0 Å². The molecular formula is C22H20O2Si. The van der Waals surface area contributed by atoms with Gasteiger partial charge >= 0.3 is 8.56 Å². The summed E-state index contributed by atoms with van der Waals surface area (Å²) >= 11 is 0. The summed E-state index contributed by atoms with van der Waals surface area (Å²) in [7, 11) is 0.758. The Hall–Kier alpha value is -2.46. The molecule has 0 aromatic heterocycles. The van der Waals surface area contributed by atoms with E-state index in [0.29, 0.717) is 0 Å². The van der Waals surface area contributed by atoms with E-state index >= 15 is 0 Å². The molecular weight excluding hydrogens is 324 g/mol. The van der Waals surface area contributed by atoms with E-state index in [4.69, 9.17) is 8.85 Å². The highest BCUT2D eigenvalue weighted by Gasteiger charge is 2.41. The molecule has 0 aliphatic heterocycles. The minimum atomic E-state index is -2.75. The lowest BCUT2D eigenvalue weighted by atomic mass is 10.0. The molecule has 0 saturated heterocycles. The summed E-state index contributed by atoms with van der Waals surface area (Å²) in [6.07, 6.45) is 0. The Morgan fingerprint density at radius 1 is 0.560 bits per heavy atom. The Kier molecular flexibility index (Phi) is 4.13. The normalized spacial score (nSPS) is 11.9. The van der Waals surface area contributed by atoms with E-state index in [9.17, 15) is 0 Å². The predicted molar refractivity (Wildman–Crippen MR) is 107 cm³/mol. The minimum absolute atomic E-state index is 1.11. The van der Waals surface area contributed by atoms with Crippen LogP contribution in [0.25, 0.3) is 21.5 Å². The van der Waals surface area contributed by atoms with Crippen LogP contribution >= 0.6 is 0 Å². The molecule has 0 amide bonds. The van der Waals surface area contributed by atoms with E-state index in [1.807, 2.05) is 18.2 Å². The van der Waals surface area contributed by atoms with Crippen LogP contribution in [-0.2, 0) is 8.85 Å². The largest absolute Gasteiger partial charge is 0.407 e. The molecule has 0 saturated carbocycles. The van der Waals surface area contributed by atoms with Crippen LogP contribution in [-0.4, -0.2) is 22.8 Å². The molecule has 0 N–H and O–H groups in total. The number of rotatable bonds is 4. The summed E-state index contributed by atoms with van der Waals surface area (Å²) in [5, 5.41) is 7.18. The lowest BCUT2D eigenvalue weighted by Gasteiger charge is -2.29. The van der Waals surface area contributed by atoms with E-state index < -0.39 is 8.56 Å². The van der Waals surface area contributed by atoms with Gasteiger partial charge in [0.1, 0.15) is 0 Å². The molecule has 4 rings (SSSR count). The van der Waals surface area contributed by atoms with Crippen LogP contribution in [0.15, 0.2) is 84.9 Å². The lowest BCUT2D eigenvalue weighted by Crippen LogP contribution is -2.62. The Balaban J connectivity index is 2.07. The fraction of sp³-hybridized carbons (Fsp3) is 0.0909. The van der Waals surface area contributed by atoms with Gasteiger partial charge in [0.15, 0.2) is 0 Å². The summed E-state index contributed by atoms with van der Waals surface area (Å²) in [6.45, 7) is 0. The van der Waals surface area contributed by atoms with Crippen molar-refractivity contribution in [3.8, 4) is 0 Å². The van der Waals surface area contributed by atoms with Gasteiger partial charge in [-0.25, -0.2) is 0 Å². The Labute approximate surface area is 148 Å². The van der Waals surface area contributed by atoms with E-state index in [1.54, 1.807) is 14.2 Å². The highest BCUT2D eigenvalue weighted by Crippen LogP contribution is 2.26. The third kappa shape index (κ3) is 2.48. The molecule has 4 aromatic carbocycles. The molecule has 0 atom stereocenters. The Morgan fingerprint density at radius 2 is 1.24 bits per heavy atom. The number of benzene rings is 4. The molecule has 0 radical (unpaired) electrons. The topological polar surface area (TPSA) is 18.5 Å². The van der Waals surface area contributed by atoms with Crippen molar-refractivity contribution in [1.29, 1.82) is 0 Å². The van der Waals surface area contributed by atoms with Crippen molar-refractivity contribution in [3.05, 3.63) is 84.9 Å². The van der Waals surface area contributed by atoms with Crippen LogP contribution < -0.4 is 10.4 Å². The van der Waals surface area contributed by atoms with E-state index in [0.717, 1.165) is 10.4 Å². The zero-order chi connectivity index (χ0) is 17.3. The predicted octanol–water partition coefficient (Wildman–Crippen LogP) is 3.84. The number of hydrogen-bond donors (Lipinski definition) is 0. The second kappa shape index (κ2) is 6.45. The second-order valence-electron chi connectivity index (χ2n) is 6.08. The van der Waals surface area contributed by atoms with Gasteiger partial charge in [0.2, 0.25) is 0 Å². The van der Waals surface area contributed by atoms with Gasteiger partial charge in [0.05, 0.1) is 0 Å². The maximum atomic E-state index is 6.10. The third-order valence-corrected chi connectivity index (χ3v) is 8.26. The van der Waals surface area contributed by atoms with Gasteiger partial charge in [0, 0.05) is 19.4 Å². The van der Waals surface area contributed by atoms with Crippen molar-refractivity contribution in [2.75, 3.05) is 14.2 Å². The van der Waals surface area contributed by atoms with Gasteiger partial charge < -0.3 is 8.85 Å². The summed E-state index contributed by atoms with van der Waals surface area (Å²) in [6, 6.07) is 29.6. The fourth-order valence-electron chi connectivity index (χ4n) is 3.68. The van der Waals surface area contributed by atoms with Gasteiger partial charge in [-0.1, -0.05) is 84.9 Å². The van der Waals surface area contributed by atoms with Crippen molar-refractivity contribution in [2.24, 2.45) is 0 Å². The average molecular weight is 344 g/mol. The Bertz CT molecular complexity index is 1020. The molecule has 3 heteroatoms. The SMILES string of the molecule is CO[Si](OC)(c1ccccc1)c1cccc2c1ccc1ccccc12. The van der Waals surface area contributed by atoms with Crippen molar-refractivity contribution >= 4 is 40.5 Å². The smallest absolute Gasteiger partial charge is 0.391 e. The first-order valence-corrected chi connectivity index (χ1v) is 10.2. The van der Waals surface area contributed by atoms with Crippen molar-refractivity contribution in [3.63, 3.8) is 0 Å². The van der Waals surface area contributed by atoms with Gasteiger partial charge in [-0.05, 0) is 26.7 Å². The van der Waals surface area contributed by atoms with Crippen molar-refractivity contribution in [2.45, 2.75) is 0 Å². The monoisotopic (exact) mass is 344 g/mol. The van der Waals surface area contributed by atoms with Crippen molar-refractivity contribution < 1.29 is 8.85 Å². The van der Waals surface area contributed by atoms with Crippen molar-refractivity contribution in [1.82, 2.24) is 0 Å². The summed E-state index contributed by atoms with van der Waals surface area (Å²) in [4.78, 5) is 0. The molecule has 0 aliphatic rings. The van der Waals surface area contributed by atoms with Crippen LogP contribution in [0.3, 0.4) is 0 Å². The van der Waals surface area contributed by atoms with Crippen LogP contribution in [0.2, 0.25) is 0 Å². The van der Waals surface area contributed by atoms with Gasteiger partial charge in [-0.2, -0.15) is 0 Å². The molecule has 0 unspecified atom stereocenters. The van der Waals surface area contributed by atoms with Crippen LogP contribution in [0.5, 0.6) is 0 Å². The quantitative estimate of drug-likeness (QED) is 0.414. The molecule has 25 heavy (non-hydrogen) atoms. The first kappa shape index (κ1) is 16.0. The Morgan fingerprint density at radius 3 is 2.00 bits per heavy atom. The first-order chi connectivity index (χ1) is 12.3. The molecule has 0 bridgehead atoms. The molecule has 124 valence electrons. The molecule has 4 aromatic rings. The second-order valence-corrected chi connectivity index (χ2v) is 9.24. The number of hydrogen-bond acceptors (Lipinski definition) is 2. The highest BCUT2D eigenvalue weighted by molar-refractivity contribution is 6.94. The maximum Gasteiger partial charge on any atom is 0.407 e. The summed E-state index contributed by atoms with van der Waals surface area (Å²) < 4.78 is 12.2. The molecule has 2 nitrogen and oxygen atoms in total. The van der Waals surface area contributed by atoms with Crippen LogP contribution in [0, 0.1) is 0 Å². The molecule has 0 spiro atoms. The standard InChI is InChI=1S/C22H20O2Si/c1-23-25(24-2,18-10-4-3-5-11-18)22-14-8-13-20-19-12-7-6-9-17(19)15-16-21(20)22/h3-16H,1-2H3. The fourth-order valence-corrected chi connectivity index (χ4v) is 6.59. The van der Waals surface area contributed by atoms with Gasteiger partial charge in [0.25, 0.3) is 0 Å². The lowest BCUT2D eigenvalue weighted by molar-refractivity contribution is 0.273. The third-order valence-electron chi connectivity index (χ3n) is 4.87. The first-order valence-electron chi connectivity index (χ1n) is 8.37. The molecule has 0 aliphatic carbocycles. The zero-order valence-electron chi connectivity index (χ0n) is 14.4. The van der Waals surface area contributed by atoms with E-state index in [1.165, 1.54) is 21.5 Å². The van der Waals surface area contributed by atoms with Crippen LogP contribution in [0.4, 0.5) is 0 Å². The summed E-state index contributed by atoms with van der Waals surface area (Å²) in [5.41, 5.74) is 0. The van der Waals surface area contributed by atoms with E-state index in [2.05, 4.69) is 66.7 Å². The average Bonchev–Trinajstić information content (AvgIpc) is 2.70. The number of fused-ring (bicyclic) bond motifs is 3. The van der Waals surface area contributed by atoms with Gasteiger partial charge in [-0.3, -0.25) is 0 Å².